The molecular formula is C23H16Cl2F2N2O. The van der Waals surface area contributed by atoms with Crippen LogP contribution in [-0.2, 0) is 6.42 Å². The van der Waals surface area contributed by atoms with E-state index in [1.165, 1.54) is 0 Å². The molecule has 0 bridgehead atoms. The topological polar surface area (TPSA) is 45.1 Å². The fourth-order valence-electron chi connectivity index (χ4n) is 3.39. The molecule has 0 spiro atoms. The minimum Gasteiger partial charge on any atom is -0.507 e. The monoisotopic (exact) mass is 444 g/mol. The van der Waals surface area contributed by atoms with Gasteiger partial charge in [0.25, 0.3) is 0 Å². The second kappa shape index (κ2) is 8.46. The van der Waals surface area contributed by atoms with Gasteiger partial charge in [-0.05, 0) is 29.7 Å². The SMILES string of the molecule is Oc1c(C(Nc2ncc(F)cc2F)c2ccc(Cl)c(Cl)c2)ccc2c1CC=CC=C2. The van der Waals surface area contributed by atoms with Gasteiger partial charge in [0.2, 0.25) is 0 Å². The number of aromatic nitrogens is 1. The van der Waals surface area contributed by atoms with Gasteiger partial charge >= 0.3 is 0 Å². The molecule has 3 nitrogen and oxygen atoms in total. The van der Waals surface area contributed by atoms with E-state index >= 15 is 0 Å². The molecule has 152 valence electrons. The Morgan fingerprint density at radius 1 is 1.03 bits per heavy atom. The Labute approximate surface area is 182 Å². The molecule has 0 saturated carbocycles. The van der Waals surface area contributed by atoms with Gasteiger partial charge in [-0.2, -0.15) is 0 Å². The van der Waals surface area contributed by atoms with Crippen molar-refractivity contribution in [3.05, 3.63) is 105 Å². The Morgan fingerprint density at radius 2 is 1.87 bits per heavy atom. The Morgan fingerprint density at radius 3 is 2.63 bits per heavy atom. The number of hydrogen-bond acceptors (Lipinski definition) is 3. The van der Waals surface area contributed by atoms with Crippen LogP contribution in [0.25, 0.3) is 6.08 Å². The predicted octanol–water partition coefficient (Wildman–Crippen LogP) is 6.70. The minimum atomic E-state index is -0.847. The lowest BCUT2D eigenvalue weighted by Crippen LogP contribution is -2.15. The summed E-state index contributed by atoms with van der Waals surface area (Å²) in [4.78, 5) is 3.82. The van der Waals surface area contributed by atoms with E-state index in [1.807, 2.05) is 30.4 Å². The maximum absolute atomic E-state index is 14.3. The van der Waals surface area contributed by atoms with Crippen molar-refractivity contribution in [1.82, 2.24) is 4.98 Å². The van der Waals surface area contributed by atoms with Gasteiger partial charge in [-0.1, -0.05) is 65.7 Å². The first kappa shape index (κ1) is 20.4. The summed E-state index contributed by atoms with van der Waals surface area (Å²) in [5.41, 5.74) is 2.77. The van der Waals surface area contributed by atoms with E-state index in [1.54, 1.807) is 24.3 Å². The Hall–Kier alpha value is -2.89. The van der Waals surface area contributed by atoms with Crippen molar-refractivity contribution in [2.45, 2.75) is 12.5 Å². The predicted molar refractivity (Wildman–Crippen MR) is 116 cm³/mol. The van der Waals surface area contributed by atoms with Gasteiger partial charge < -0.3 is 10.4 Å². The molecule has 7 heteroatoms. The summed E-state index contributed by atoms with van der Waals surface area (Å²) < 4.78 is 27.6. The molecule has 0 aliphatic heterocycles. The third-order valence-corrected chi connectivity index (χ3v) is 5.61. The number of hydrogen-bond donors (Lipinski definition) is 2. The highest BCUT2D eigenvalue weighted by atomic mass is 35.5. The number of aromatic hydroxyl groups is 1. The van der Waals surface area contributed by atoms with Crippen LogP contribution in [0.3, 0.4) is 0 Å². The molecule has 0 radical (unpaired) electrons. The molecule has 1 aromatic heterocycles. The van der Waals surface area contributed by atoms with Crippen molar-refractivity contribution in [2.24, 2.45) is 0 Å². The summed E-state index contributed by atoms with van der Waals surface area (Å²) in [5, 5.41) is 14.7. The zero-order valence-corrected chi connectivity index (χ0v) is 17.1. The first-order valence-corrected chi connectivity index (χ1v) is 9.90. The standard InChI is InChI=1S/C23H16Cl2F2N2O/c24-18-9-7-14(10-19(18)25)21(29-23-20(27)11-15(26)12-28-23)17-8-6-13-4-2-1-3-5-16(13)22(17)30/h1-4,6-12,21,30H,5H2,(H,28,29). The van der Waals surface area contributed by atoms with Gasteiger partial charge in [-0.3, -0.25) is 0 Å². The zero-order chi connectivity index (χ0) is 21.3. The molecule has 4 rings (SSSR count). The van der Waals surface area contributed by atoms with Crippen LogP contribution in [0.5, 0.6) is 5.75 Å². The summed E-state index contributed by atoms with van der Waals surface area (Å²) in [7, 11) is 0. The lowest BCUT2D eigenvalue weighted by atomic mass is 9.92. The zero-order valence-electron chi connectivity index (χ0n) is 15.5. The third-order valence-electron chi connectivity index (χ3n) is 4.87. The lowest BCUT2D eigenvalue weighted by molar-refractivity contribution is 0.460. The van der Waals surface area contributed by atoms with E-state index < -0.39 is 17.7 Å². The molecule has 2 N–H and O–H groups in total. The van der Waals surface area contributed by atoms with Crippen molar-refractivity contribution in [1.29, 1.82) is 0 Å². The molecule has 1 aliphatic rings. The maximum Gasteiger partial charge on any atom is 0.168 e. The minimum absolute atomic E-state index is 0.0785. The highest BCUT2D eigenvalue weighted by Crippen LogP contribution is 2.39. The third kappa shape index (κ3) is 4.04. The van der Waals surface area contributed by atoms with E-state index in [4.69, 9.17) is 23.2 Å². The van der Waals surface area contributed by atoms with Crippen LogP contribution in [0.4, 0.5) is 14.6 Å². The van der Waals surface area contributed by atoms with E-state index in [0.717, 1.165) is 23.4 Å². The van der Waals surface area contributed by atoms with Gasteiger partial charge in [-0.25, -0.2) is 13.8 Å². The molecular weight excluding hydrogens is 429 g/mol. The number of nitrogens with zero attached hydrogens (tertiary/aromatic N) is 1. The first-order chi connectivity index (χ1) is 14.4. The molecule has 2 aromatic carbocycles. The van der Waals surface area contributed by atoms with Crippen LogP contribution in [0.1, 0.15) is 28.3 Å². The molecule has 1 atom stereocenters. The summed E-state index contributed by atoms with van der Waals surface area (Å²) in [5.74, 6) is -1.70. The molecule has 1 aliphatic carbocycles. The number of fused-ring (bicyclic) bond motifs is 1. The van der Waals surface area contributed by atoms with E-state index in [0.29, 0.717) is 27.6 Å². The first-order valence-electron chi connectivity index (χ1n) is 9.14. The molecule has 30 heavy (non-hydrogen) atoms. The Kier molecular flexibility index (Phi) is 5.75. The fourth-order valence-corrected chi connectivity index (χ4v) is 3.69. The molecule has 1 heterocycles. The number of phenols is 1. The normalized spacial score (nSPS) is 13.6. The van der Waals surface area contributed by atoms with Gasteiger partial charge in [0.15, 0.2) is 11.6 Å². The van der Waals surface area contributed by atoms with E-state index in [2.05, 4.69) is 10.3 Å². The number of nitrogens with one attached hydrogen (secondary N) is 1. The molecule has 0 saturated heterocycles. The quantitative estimate of drug-likeness (QED) is 0.470. The summed E-state index contributed by atoms with van der Waals surface area (Å²) in [6.07, 6.45) is 9.12. The number of anilines is 1. The van der Waals surface area contributed by atoms with Gasteiger partial charge in [0, 0.05) is 17.2 Å². The van der Waals surface area contributed by atoms with Crippen LogP contribution in [0, 0.1) is 11.6 Å². The van der Waals surface area contributed by atoms with Crippen LogP contribution < -0.4 is 5.32 Å². The molecule has 3 aromatic rings. The highest BCUT2D eigenvalue weighted by molar-refractivity contribution is 6.42. The number of halogens is 4. The second-order valence-corrected chi connectivity index (χ2v) is 7.61. The molecule has 0 amide bonds. The summed E-state index contributed by atoms with van der Waals surface area (Å²) >= 11 is 12.2. The number of allylic oxidation sites excluding steroid dienone is 3. The van der Waals surface area contributed by atoms with Crippen molar-refractivity contribution in [3.63, 3.8) is 0 Å². The molecule has 1 unspecified atom stereocenters. The average molecular weight is 445 g/mol. The van der Waals surface area contributed by atoms with Crippen molar-refractivity contribution in [2.75, 3.05) is 5.32 Å². The Balaban J connectivity index is 1.85. The van der Waals surface area contributed by atoms with Crippen molar-refractivity contribution < 1.29 is 13.9 Å². The lowest BCUT2D eigenvalue weighted by Gasteiger charge is -2.23. The van der Waals surface area contributed by atoms with E-state index in [-0.39, 0.29) is 11.6 Å². The average Bonchev–Trinajstić information content (AvgIpc) is 2.97. The smallest absolute Gasteiger partial charge is 0.168 e. The van der Waals surface area contributed by atoms with E-state index in [9.17, 15) is 13.9 Å². The van der Waals surface area contributed by atoms with Crippen molar-refractivity contribution >= 4 is 35.1 Å². The number of rotatable bonds is 4. The summed E-state index contributed by atoms with van der Waals surface area (Å²) in [6, 6.07) is 8.64. The Bertz CT molecular complexity index is 1180. The fraction of sp³-hybridized carbons (Fsp3) is 0.0870. The van der Waals surface area contributed by atoms with Crippen LogP contribution in [-0.4, -0.2) is 10.1 Å². The van der Waals surface area contributed by atoms with Crippen LogP contribution >= 0.6 is 23.2 Å². The highest BCUT2D eigenvalue weighted by Gasteiger charge is 2.23. The number of pyridine rings is 1. The van der Waals surface area contributed by atoms with Gasteiger partial charge in [-0.15, -0.1) is 0 Å². The molecule has 0 fully saturated rings. The van der Waals surface area contributed by atoms with Crippen molar-refractivity contribution in [3.8, 4) is 5.75 Å². The van der Waals surface area contributed by atoms with Crippen LogP contribution in [0.15, 0.2) is 60.8 Å². The maximum atomic E-state index is 14.3. The summed E-state index contributed by atoms with van der Waals surface area (Å²) in [6.45, 7) is 0. The number of benzene rings is 2. The largest absolute Gasteiger partial charge is 0.507 e. The second-order valence-electron chi connectivity index (χ2n) is 6.80. The number of phenolic OH excluding ortho intramolecular Hbond substituents is 1. The van der Waals surface area contributed by atoms with Gasteiger partial charge in [0.1, 0.15) is 11.6 Å². The van der Waals surface area contributed by atoms with Crippen LogP contribution in [0.2, 0.25) is 10.0 Å². The van der Waals surface area contributed by atoms with Gasteiger partial charge in [0.05, 0.1) is 22.3 Å².